The highest BCUT2D eigenvalue weighted by Crippen LogP contribution is 2.26. The molecule has 0 spiro atoms. The molecule has 22 heavy (non-hydrogen) atoms. The van der Waals surface area contributed by atoms with Gasteiger partial charge in [-0.3, -0.25) is 4.68 Å². The molecule has 122 valence electrons. The molecular formula is C10H13ClN4O6S. The van der Waals surface area contributed by atoms with E-state index in [9.17, 15) is 13.2 Å². The Balaban J connectivity index is 2.51. The second kappa shape index (κ2) is 6.01. The van der Waals surface area contributed by atoms with Crippen LogP contribution in [0.1, 0.15) is 12.5 Å². The van der Waals surface area contributed by atoms with Crippen molar-refractivity contribution in [3.63, 3.8) is 0 Å². The summed E-state index contributed by atoms with van der Waals surface area (Å²) < 4.78 is 36.8. The fourth-order valence-corrected chi connectivity index (χ4v) is 3.25. The fraction of sp³-hybridized carbons (Fsp3) is 0.500. The van der Waals surface area contributed by atoms with E-state index in [1.54, 1.807) is 11.6 Å². The first-order valence-electron chi connectivity index (χ1n) is 5.96. The molecule has 1 atom stereocenters. The van der Waals surface area contributed by atoms with Gasteiger partial charge in [0.1, 0.15) is 12.2 Å². The van der Waals surface area contributed by atoms with Gasteiger partial charge in [0, 0.05) is 7.05 Å². The van der Waals surface area contributed by atoms with Gasteiger partial charge < -0.3 is 14.3 Å². The predicted octanol–water partition coefficient (Wildman–Crippen LogP) is 0.215. The summed E-state index contributed by atoms with van der Waals surface area (Å²) in [6.45, 7) is 1.88. The summed E-state index contributed by atoms with van der Waals surface area (Å²) >= 11 is 5.94. The summed E-state index contributed by atoms with van der Waals surface area (Å²) in [5.41, 5.74) is -0.104. The molecule has 2 rings (SSSR count). The molecule has 0 aliphatic carbocycles. The standard InChI is InChI=1S/C10H13ClN4O6S/c1-5-4-20-8(13-21-5)6-7(11)12-15(2)9(6)22(17,18)14-10(16)19-3/h5H,4H2,1-3H3,(H,14,16). The molecule has 0 aromatic carbocycles. The molecule has 1 unspecified atom stereocenters. The molecule has 1 aromatic heterocycles. The van der Waals surface area contributed by atoms with E-state index in [2.05, 4.69) is 15.0 Å². The average molecular weight is 353 g/mol. The van der Waals surface area contributed by atoms with Crippen LogP contribution >= 0.6 is 11.6 Å². The summed E-state index contributed by atoms with van der Waals surface area (Å²) in [4.78, 5) is 16.2. The largest absolute Gasteiger partial charge is 0.471 e. The predicted molar refractivity (Wildman–Crippen MR) is 74.0 cm³/mol. The van der Waals surface area contributed by atoms with Crippen LogP contribution < -0.4 is 4.72 Å². The molecule has 0 saturated carbocycles. The van der Waals surface area contributed by atoms with Crippen molar-refractivity contribution in [1.29, 1.82) is 0 Å². The number of oxime groups is 1. The van der Waals surface area contributed by atoms with Gasteiger partial charge in [-0.05, 0) is 12.1 Å². The van der Waals surface area contributed by atoms with Crippen LogP contribution in [-0.2, 0) is 31.4 Å². The molecule has 12 heteroatoms. The summed E-state index contributed by atoms with van der Waals surface area (Å²) in [5.74, 6) is -0.138. The Morgan fingerprint density at radius 3 is 2.77 bits per heavy atom. The van der Waals surface area contributed by atoms with Gasteiger partial charge in [-0.1, -0.05) is 11.6 Å². The van der Waals surface area contributed by atoms with Crippen molar-refractivity contribution in [2.75, 3.05) is 13.7 Å². The molecule has 1 aliphatic heterocycles. The number of carbonyl (C=O) groups excluding carboxylic acids is 1. The van der Waals surface area contributed by atoms with Crippen molar-refractivity contribution in [2.24, 2.45) is 12.2 Å². The summed E-state index contributed by atoms with van der Waals surface area (Å²) in [7, 11) is -1.93. The topological polar surface area (TPSA) is 121 Å². The molecule has 1 N–H and O–H groups in total. The molecule has 0 bridgehead atoms. The third-order valence-electron chi connectivity index (χ3n) is 2.59. The van der Waals surface area contributed by atoms with Crippen LogP contribution in [0.15, 0.2) is 10.2 Å². The summed E-state index contributed by atoms with van der Waals surface area (Å²) in [6.07, 6.45) is -1.44. The molecule has 0 radical (unpaired) electrons. The van der Waals surface area contributed by atoms with Gasteiger partial charge in [-0.2, -0.15) is 13.5 Å². The van der Waals surface area contributed by atoms with Crippen molar-refractivity contribution in [3.8, 4) is 0 Å². The van der Waals surface area contributed by atoms with E-state index >= 15 is 0 Å². The van der Waals surface area contributed by atoms with E-state index < -0.39 is 21.1 Å². The Morgan fingerprint density at radius 2 is 2.23 bits per heavy atom. The van der Waals surface area contributed by atoms with E-state index in [0.29, 0.717) is 0 Å². The lowest BCUT2D eigenvalue weighted by atomic mass is 10.3. The Morgan fingerprint density at radius 1 is 1.55 bits per heavy atom. The Labute approximate surface area is 131 Å². The van der Waals surface area contributed by atoms with Gasteiger partial charge >= 0.3 is 6.09 Å². The Bertz CT molecular complexity index is 728. The molecule has 1 aromatic rings. The SMILES string of the molecule is COC(=O)NS(=O)(=O)c1c(C2=NOC(C)CO2)c(Cl)nn1C. The van der Waals surface area contributed by atoms with Crippen molar-refractivity contribution in [3.05, 3.63) is 10.7 Å². The normalized spacial score (nSPS) is 18.0. The maximum Gasteiger partial charge on any atom is 0.420 e. The number of hydrogen-bond acceptors (Lipinski definition) is 8. The van der Waals surface area contributed by atoms with Crippen LogP contribution in [0, 0.1) is 0 Å². The van der Waals surface area contributed by atoms with Crippen molar-refractivity contribution < 1.29 is 27.5 Å². The van der Waals surface area contributed by atoms with Crippen LogP contribution in [0.2, 0.25) is 5.15 Å². The maximum absolute atomic E-state index is 12.3. The quantitative estimate of drug-likeness (QED) is 0.825. The van der Waals surface area contributed by atoms with E-state index in [1.807, 2.05) is 0 Å². The Hall–Kier alpha value is -2.01. The highest BCUT2D eigenvalue weighted by Gasteiger charge is 2.34. The van der Waals surface area contributed by atoms with Crippen LogP contribution in [0.4, 0.5) is 4.79 Å². The molecule has 10 nitrogen and oxygen atoms in total. The number of ether oxygens (including phenoxy) is 2. The third-order valence-corrected chi connectivity index (χ3v) is 4.27. The number of rotatable bonds is 3. The number of nitrogens with one attached hydrogen (secondary N) is 1. The van der Waals surface area contributed by atoms with Crippen LogP contribution in [0.3, 0.4) is 0 Å². The maximum atomic E-state index is 12.3. The van der Waals surface area contributed by atoms with E-state index in [0.717, 1.165) is 11.8 Å². The average Bonchev–Trinajstić information content (AvgIpc) is 2.74. The van der Waals surface area contributed by atoms with Crippen molar-refractivity contribution in [1.82, 2.24) is 14.5 Å². The second-order valence-electron chi connectivity index (χ2n) is 4.32. The zero-order valence-corrected chi connectivity index (χ0v) is 13.4. The Kier molecular flexibility index (Phi) is 4.47. The lowest BCUT2D eigenvalue weighted by Crippen LogP contribution is -2.33. The van der Waals surface area contributed by atoms with E-state index in [4.69, 9.17) is 21.2 Å². The molecule has 0 saturated heterocycles. The zero-order valence-electron chi connectivity index (χ0n) is 11.9. The number of methoxy groups -OCH3 is 1. The number of aromatic nitrogens is 2. The van der Waals surface area contributed by atoms with Crippen molar-refractivity contribution >= 4 is 33.6 Å². The number of amides is 1. The molecule has 1 aliphatic rings. The molecule has 2 heterocycles. The van der Waals surface area contributed by atoms with Crippen LogP contribution in [0.25, 0.3) is 0 Å². The minimum atomic E-state index is -4.30. The van der Waals surface area contributed by atoms with Gasteiger partial charge in [-0.25, -0.2) is 9.52 Å². The van der Waals surface area contributed by atoms with Gasteiger partial charge in [0.25, 0.3) is 15.9 Å². The first-order valence-corrected chi connectivity index (χ1v) is 7.82. The van der Waals surface area contributed by atoms with Gasteiger partial charge in [-0.15, -0.1) is 0 Å². The molecule has 0 fully saturated rings. The highest BCUT2D eigenvalue weighted by molar-refractivity contribution is 7.90. The van der Waals surface area contributed by atoms with E-state index in [-0.39, 0.29) is 29.3 Å². The minimum Gasteiger partial charge on any atom is -0.471 e. The van der Waals surface area contributed by atoms with Crippen molar-refractivity contribution in [2.45, 2.75) is 18.1 Å². The number of carbonyl (C=O) groups is 1. The van der Waals surface area contributed by atoms with Gasteiger partial charge in [0.05, 0.1) is 7.11 Å². The van der Waals surface area contributed by atoms with Crippen LogP contribution in [-0.4, -0.2) is 50.0 Å². The summed E-state index contributed by atoms with van der Waals surface area (Å²) in [6, 6.07) is 0. The van der Waals surface area contributed by atoms with Gasteiger partial charge in [0.2, 0.25) is 0 Å². The monoisotopic (exact) mass is 352 g/mol. The second-order valence-corrected chi connectivity index (χ2v) is 6.27. The van der Waals surface area contributed by atoms with Crippen LogP contribution in [0.5, 0.6) is 0 Å². The van der Waals surface area contributed by atoms with Gasteiger partial charge in [0.15, 0.2) is 16.3 Å². The minimum absolute atomic E-state index is 0.104. The number of hydrogen-bond donors (Lipinski definition) is 1. The zero-order chi connectivity index (χ0) is 16.5. The first-order chi connectivity index (χ1) is 10.3. The number of aryl methyl sites for hydroxylation is 1. The number of nitrogens with zero attached hydrogens (tertiary/aromatic N) is 3. The number of sulfonamides is 1. The fourth-order valence-electron chi connectivity index (χ4n) is 1.67. The summed E-state index contributed by atoms with van der Waals surface area (Å²) in [5, 5.41) is 6.91. The number of halogens is 1. The highest BCUT2D eigenvalue weighted by atomic mass is 35.5. The molecular weight excluding hydrogens is 340 g/mol. The first kappa shape index (κ1) is 16.4. The lowest BCUT2D eigenvalue weighted by Gasteiger charge is -2.19. The smallest absolute Gasteiger partial charge is 0.420 e. The third kappa shape index (κ3) is 3.09. The lowest BCUT2D eigenvalue weighted by molar-refractivity contribution is 0.00139. The molecule has 1 amide bonds. The van der Waals surface area contributed by atoms with E-state index in [1.165, 1.54) is 7.05 Å².